The van der Waals surface area contributed by atoms with Crippen molar-refractivity contribution < 1.29 is 4.42 Å². The Kier molecular flexibility index (Phi) is 10.8. The standard InChI is InChI=1S/C72H48N2O/c1-2-17-49(18-3-1)54-19-14-21-56(47-54)60-23-4-9-30-67(60)73(58-43-39-51(40-44-58)50-35-37-53(38-36-50)62-28-16-29-66-65-27-8-13-34-71(65)75-72(62)66)59-45-41-52(42-46-59)55-20-15-22-57(48-55)61-24-5-10-31-68(61)74-69-32-11-6-25-63(69)64-26-7-12-33-70(64)74/h1-48H. The van der Waals surface area contributed by atoms with Crippen LogP contribution < -0.4 is 4.90 Å². The molecule has 0 N–H and O–H groups in total. The maximum absolute atomic E-state index is 6.41. The summed E-state index contributed by atoms with van der Waals surface area (Å²) in [4.78, 5) is 2.40. The van der Waals surface area contributed by atoms with Crippen molar-refractivity contribution in [2.75, 3.05) is 4.90 Å². The Morgan fingerprint density at radius 2 is 0.693 bits per heavy atom. The van der Waals surface area contributed by atoms with Gasteiger partial charge in [-0.05, 0) is 117 Å². The van der Waals surface area contributed by atoms with Crippen molar-refractivity contribution in [2.45, 2.75) is 0 Å². The number of furan rings is 1. The van der Waals surface area contributed by atoms with E-state index in [0.29, 0.717) is 0 Å². The lowest BCUT2D eigenvalue weighted by molar-refractivity contribution is 0.670. The zero-order valence-electron chi connectivity index (χ0n) is 41.0. The average Bonchev–Trinajstić information content (AvgIpc) is 4.05. The topological polar surface area (TPSA) is 21.3 Å². The smallest absolute Gasteiger partial charge is 0.143 e. The van der Waals surface area contributed by atoms with Crippen LogP contribution >= 0.6 is 0 Å². The van der Waals surface area contributed by atoms with Crippen LogP contribution in [0.25, 0.3) is 116 Å². The maximum atomic E-state index is 6.41. The van der Waals surface area contributed by atoms with Crippen molar-refractivity contribution in [3.05, 3.63) is 291 Å². The normalized spacial score (nSPS) is 11.5. The SMILES string of the molecule is c1ccc(-c2cccc(-c3ccccc3N(c3ccc(-c4ccc(-c5cccc6c5oc5ccccc56)cc4)cc3)c3ccc(-c4cccc(-c5ccccc5-n5c6ccccc6c6ccccc65)c4)cc3)c2)cc1. The van der Waals surface area contributed by atoms with E-state index in [4.69, 9.17) is 4.42 Å². The van der Waals surface area contributed by atoms with Crippen LogP contribution in [0.4, 0.5) is 17.1 Å². The van der Waals surface area contributed by atoms with Crippen molar-refractivity contribution in [1.82, 2.24) is 4.57 Å². The van der Waals surface area contributed by atoms with Crippen molar-refractivity contribution in [3.8, 4) is 72.4 Å². The second-order valence-electron chi connectivity index (χ2n) is 19.2. The second-order valence-corrected chi connectivity index (χ2v) is 19.2. The Hall–Kier alpha value is -9.96. The molecule has 2 heterocycles. The molecule has 3 nitrogen and oxygen atoms in total. The zero-order chi connectivity index (χ0) is 49.7. The zero-order valence-corrected chi connectivity index (χ0v) is 41.0. The summed E-state index contributed by atoms with van der Waals surface area (Å²) in [6.07, 6.45) is 0. The summed E-state index contributed by atoms with van der Waals surface area (Å²) in [6, 6.07) is 105. The molecule has 2 aromatic heterocycles. The van der Waals surface area contributed by atoms with Crippen LogP contribution in [0.15, 0.2) is 296 Å². The minimum atomic E-state index is 0.907. The Morgan fingerprint density at radius 3 is 1.36 bits per heavy atom. The lowest BCUT2D eigenvalue weighted by Crippen LogP contribution is -2.11. The quantitative estimate of drug-likeness (QED) is 0.136. The highest BCUT2D eigenvalue weighted by Gasteiger charge is 2.20. The molecule has 75 heavy (non-hydrogen) atoms. The first-order chi connectivity index (χ1) is 37.2. The molecule has 352 valence electrons. The molecule has 0 fully saturated rings. The molecule has 0 radical (unpaired) electrons. The molecule has 14 rings (SSSR count). The Bertz CT molecular complexity index is 4340. The minimum absolute atomic E-state index is 0.907. The van der Waals surface area contributed by atoms with Gasteiger partial charge >= 0.3 is 0 Å². The maximum Gasteiger partial charge on any atom is 0.143 e. The van der Waals surface area contributed by atoms with Gasteiger partial charge in [-0.15, -0.1) is 0 Å². The highest BCUT2D eigenvalue weighted by atomic mass is 16.3. The number of nitrogens with zero attached hydrogens (tertiary/aromatic N) is 2. The summed E-state index contributed by atoms with van der Waals surface area (Å²) in [6.45, 7) is 0. The molecule has 0 aliphatic heterocycles. The number of hydrogen-bond acceptors (Lipinski definition) is 2. The number of aromatic nitrogens is 1. The third-order valence-corrected chi connectivity index (χ3v) is 14.8. The predicted octanol–water partition coefficient (Wildman–Crippen LogP) is 20.2. The number of hydrogen-bond donors (Lipinski definition) is 0. The van der Waals surface area contributed by atoms with Gasteiger partial charge in [0.1, 0.15) is 11.2 Å². The summed E-state index contributed by atoms with van der Waals surface area (Å²) < 4.78 is 8.82. The highest BCUT2D eigenvalue weighted by Crippen LogP contribution is 2.44. The number of anilines is 3. The van der Waals surface area contributed by atoms with E-state index in [0.717, 1.165) is 89.2 Å². The van der Waals surface area contributed by atoms with E-state index in [2.05, 4.69) is 289 Å². The summed E-state index contributed by atoms with van der Waals surface area (Å²) in [5.41, 5.74) is 22.4. The largest absolute Gasteiger partial charge is 0.455 e. The van der Waals surface area contributed by atoms with E-state index in [-0.39, 0.29) is 0 Å². The Labute approximate surface area is 436 Å². The molecule has 0 saturated heterocycles. The van der Waals surface area contributed by atoms with Gasteiger partial charge in [-0.25, -0.2) is 0 Å². The van der Waals surface area contributed by atoms with Gasteiger partial charge in [0.2, 0.25) is 0 Å². The fraction of sp³-hybridized carbons (Fsp3) is 0. The number of fused-ring (bicyclic) bond motifs is 6. The van der Waals surface area contributed by atoms with Crippen molar-refractivity contribution >= 4 is 60.8 Å². The summed E-state index contributed by atoms with van der Waals surface area (Å²) in [5, 5.41) is 4.78. The molecular formula is C72H48N2O. The van der Waals surface area contributed by atoms with Gasteiger partial charge in [-0.3, -0.25) is 0 Å². The first-order valence-corrected chi connectivity index (χ1v) is 25.6. The molecule has 0 bridgehead atoms. The van der Waals surface area contributed by atoms with Crippen LogP contribution in [-0.2, 0) is 0 Å². The van der Waals surface area contributed by atoms with Gasteiger partial charge in [0.25, 0.3) is 0 Å². The van der Waals surface area contributed by atoms with E-state index in [1.807, 2.05) is 12.1 Å². The third kappa shape index (κ3) is 7.86. The fourth-order valence-corrected chi connectivity index (χ4v) is 11.2. The van der Waals surface area contributed by atoms with Gasteiger partial charge in [-0.1, -0.05) is 224 Å². The molecule has 12 aromatic carbocycles. The molecule has 0 unspecified atom stereocenters. The van der Waals surface area contributed by atoms with E-state index in [1.165, 1.54) is 44.1 Å². The molecule has 0 spiro atoms. The van der Waals surface area contributed by atoms with Crippen LogP contribution in [-0.4, -0.2) is 4.57 Å². The van der Waals surface area contributed by atoms with Crippen LogP contribution in [0.2, 0.25) is 0 Å². The van der Waals surface area contributed by atoms with Crippen LogP contribution in [0.1, 0.15) is 0 Å². The Morgan fingerprint density at radius 1 is 0.267 bits per heavy atom. The molecule has 0 atom stereocenters. The van der Waals surface area contributed by atoms with E-state index >= 15 is 0 Å². The summed E-state index contributed by atoms with van der Waals surface area (Å²) in [5.74, 6) is 0. The third-order valence-electron chi connectivity index (χ3n) is 14.8. The van der Waals surface area contributed by atoms with E-state index < -0.39 is 0 Å². The lowest BCUT2D eigenvalue weighted by atomic mass is 9.96. The van der Waals surface area contributed by atoms with Crippen molar-refractivity contribution in [3.63, 3.8) is 0 Å². The molecule has 0 saturated carbocycles. The average molecular weight is 957 g/mol. The van der Waals surface area contributed by atoms with E-state index in [1.54, 1.807) is 0 Å². The first-order valence-electron chi connectivity index (χ1n) is 25.6. The minimum Gasteiger partial charge on any atom is -0.455 e. The molecule has 0 amide bonds. The number of rotatable bonds is 10. The van der Waals surface area contributed by atoms with Gasteiger partial charge < -0.3 is 13.9 Å². The summed E-state index contributed by atoms with van der Waals surface area (Å²) in [7, 11) is 0. The molecule has 0 aliphatic carbocycles. The van der Waals surface area contributed by atoms with Crippen molar-refractivity contribution in [2.24, 2.45) is 0 Å². The van der Waals surface area contributed by atoms with Crippen molar-refractivity contribution in [1.29, 1.82) is 0 Å². The van der Waals surface area contributed by atoms with Gasteiger partial charge in [0, 0.05) is 49.6 Å². The molecular weight excluding hydrogens is 909 g/mol. The van der Waals surface area contributed by atoms with Crippen LogP contribution in [0.3, 0.4) is 0 Å². The second kappa shape index (κ2) is 18.6. The van der Waals surface area contributed by atoms with Crippen LogP contribution in [0, 0.1) is 0 Å². The molecule has 14 aromatic rings. The fourth-order valence-electron chi connectivity index (χ4n) is 11.2. The predicted molar refractivity (Wildman–Crippen MR) is 315 cm³/mol. The number of para-hydroxylation sites is 6. The van der Waals surface area contributed by atoms with Gasteiger partial charge in [0.05, 0.1) is 22.4 Å². The summed E-state index contributed by atoms with van der Waals surface area (Å²) >= 11 is 0. The van der Waals surface area contributed by atoms with Crippen LogP contribution in [0.5, 0.6) is 0 Å². The van der Waals surface area contributed by atoms with Gasteiger partial charge in [0.15, 0.2) is 0 Å². The lowest BCUT2D eigenvalue weighted by Gasteiger charge is -2.28. The van der Waals surface area contributed by atoms with E-state index in [9.17, 15) is 0 Å². The monoisotopic (exact) mass is 956 g/mol. The highest BCUT2D eigenvalue weighted by molar-refractivity contribution is 6.11. The molecule has 3 heteroatoms. The Balaban J connectivity index is 0.828. The first kappa shape index (κ1) is 43.8. The van der Waals surface area contributed by atoms with Gasteiger partial charge in [-0.2, -0.15) is 0 Å². The molecule has 0 aliphatic rings. The number of benzene rings is 12.